The van der Waals surface area contributed by atoms with Crippen LogP contribution in [0.2, 0.25) is 0 Å². The molecule has 0 aromatic heterocycles. The van der Waals surface area contributed by atoms with E-state index in [2.05, 4.69) is 10.6 Å². The Hall–Kier alpha value is -0.650. The van der Waals surface area contributed by atoms with Gasteiger partial charge in [-0.15, -0.1) is 0 Å². The second-order valence-corrected chi connectivity index (χ2v) is 4.14. The molecule has 0 spiro atoms. The number of aliphatic hydroxyl groups excluding tert-OH is 1. The number of hydrogen-bond donors (Lipinski definition) is 3. The Morgan fingerprint density at radius 2 is 2.06 bits per heavy atom. The number of hydrogen-bond acceptors (Lipinski definition) is 4. The van der Waals surface area contributed by atoms with Crippen molar-refractivity contribution >= 4 is 5.91 Å². The third-order valence-corrected chi connectivity index (χ3v) is 1.89. The number of rotatable bonds is 9. The van der Waals surface area contributed by atoms with Crippen LogP contribution in [0.5, 0.6) is 0 Å². The molecule has 0 bridgehead atoms. The zero-order valence-corrected chi connectivity index (χ0v) is 10.5. The van der Waals surface area contributed by atoms with Gasteiger partial charge in [0.05, 0.1) is 19.3 Å². The summed E-state index contributed by atoms with van der Waals surface area (Å²) in [5.74, 6) is 0.407. The Kier molecular flexibility index (Phi) is 9.18. The maximum absolute atomic E-state index is 11.3. The second-order valence-electron chi connectivity index (χ2n) is 4.14. The highest BCUT2D eigenvalue weighted by Gasteiger charge is 2.05. The molecule has 1 unspecified atom stereocenters. The van der Waals surface area contributed by atoms with Gasteiger partial charge in [-0.3, -0.25) is 4.79 Å². The normalized spacial score (nSPS) is 12.8. The lowest BCUT2D eigenvalue weighted by Crippen LogP contribution is -2.39. The van der Waals surface area contributed by atoms with Gasteiger partial charge in [0.25, 0.3) is 0 Å². The number of carbonyl (C=O) groups excluding carboxylic acids is 1. The summed E-state index contributed by atoms with van der Waals surface area (Å²) in [4.78, 5) is 11.3. The molecule has 0 aliphatic rings. The minimum atomic E-state index is -0.558. The van der Waals surface area contributed by atoms with Gasteiger partial charge in [-0.2, -0.15) is 0 Å². The summed E-state index contributed by atoms with van der Waals surface area (Å²) in [7, 11) is 0. The van der Waals surface area contributed by atoms with E-state index < -0.39 is 6.10 Å². The molecule has 96 valence electrons. The van der Waals surface area contributed by atoms with Gasteiger partial charge in [0.2, 0.25) is 5.91 Å². The standard InChI is InChI=1S/C11H24N2O3/c1-4-16-8-10(14)6-12-7-11(15)13-5-9(2)3/h9-10,12,14H,4-8H2,1-3H3,(H,13,15). The molecule has 1 atom stereocenters. The zero-order valence-electron chi connectivity index (χ0n) is 10.5. The third kappa shape index (κ3) is 9.89. The van der Waals surface area contributed by atoms with Crippen molar-refractivity contribution in [1.29, 1.82) is 0 Å². The van der Waals surface area contributed by atoms with Crippen molar-refractivity contribution in [2.24, 2.45) is 5.92 Å². The molecule has 0 aliphatic heterocycles. The first-order valence-electron chi connectivity index (χ1n) is 5.79. The van der Waals surface area contributed by atoms with Crippen LogP contribution in [0.4, 0.5) is 0 Å². The lowest BCUT2D eigenvalue weighted by molar-refractivity contribution is -0.120. The van der Waals surface area contributed by atoms with Crippen LogP contribution in [0, 0.1) is 5.92 Å². The molecule has 0 aromatic carbocycles. The molecule has 16 heavy (non-hydrogen) atoms. The topological polar surface area (TPSA) is 70.6 Å². The summed E-state index contributed by atoms with van der Waals surface area (Å²) >= 11 is 0. The molecule has 0 rings (SSSR count). The predicted molar refractivity (Wildman–Crippen MR) is 63.2 cm³/mol. The van der Waals surface area contributed by atoms with Crippen LogP contribution < -0.4 is 10.6 Å². The maximum Gasteiger partial charge on any atom is 0.233 e. The summed E-state index contributed by atoms with van der Waals surface area (Å²) < 4.78 is 5.04. The molecule has 1 amide bonds. The molecule has 0 radical (unpaired) electrons. The zero-order chi connectivity index (χ0) is 12.4. The largest absolute Gasteiger partial charge is 0.389 e. The molecular formula is C11H24N2O3. The molecule has 5 nitrogen and oxygen atoms in total. The Bertz CT molecular complexity index is 186. The van der Waals surface area contributed by atoms with Crippen molar-refractivity contribution in [3.63, 3.8) is 0 Å². The molecule has 5 heteroatoms. The average molecular weight is 232 g/mol. The van der Waals surface area contributed by atoms with Crippen molar-refractivity contribution < 1.29 is 14.6 Å². The minimum Gasteiger partial charge on any atom is -0.389 e. The Morgan fingerprint density at radius 1 is 1.38 bits per heavy atom. The van der Waals surface area contributed by atoms with Crippen LogP contribution in [-0.4, -0.2) is 50.0 Å². The van der Waals surface area contributed by atoms with Crippen molar-refractivity contribution in [2.75, 3.05) is 32.8 Å². The lowest BCUT2D eigenvalue weighted by Gasteiger charge is -2.12. The average Bonchev–Trinajstić information content (AvgIpc) is 2.23. The Morgan fingerprint density at radius 3 is 2.62 bits per heavy atom. The van der Waals surface area contributed by atoms with E-state index in [1.807, 2.05) is 20.8 Å². The second kappa shape index (κ2) is 9.57. The first-order valence-corrected chi connectivity index (χ1v) is 5.79. The molecule has 0 saturated carbocycles. The molecule has 3 N–H and O–H groups in total. The van der Waals surface area contributed by atoms with E-state index in [0.717, 1.165) is 0 Å². The van der Waals surface area contributed by atoms with E-state index in [0.29, 0.717) is 32.2 Å². The van der Waals surface area contributed by atoms with Gasteiger partial charge in [-0.1, -0.05) is 13.8 Å². The van der Waals surface area contributed by atoms with E-state index in [4.69, 9.17) is 4.74 Å². The summed E-state index contributed by atoms with van der Waals surface area (Å²) in [5, 5.41) is 15.1. The molecule has 0 heterocycles. The first-order chi connectivity index (χ1) is 7.56. The summed E-state index contributed by atoms with van der Waals surface area (Å²) in [6, 6.07) is 0. The predicted octanol–water partition coefficient (Wildman–Crippen LogP) is -0.254. The quantitative estimate of drug-likeness (QED) is 0.512. The fraction of sp³-hybridized carbons (Fsp3) is 0.909. The lowest BCUT2D eigenvalue weighted by atomic mass is 10.2. The van der Waals surface area contributed by atoms with Crippen molar-refractivity contribution in [3.05, 3.63) is 0 Å². The highest BCUT2D eigenvalue weighted by molar-refractivity contribution is 5.77. The third-order valence-electron chi connectivity index (χ3n) is 1.89. The Labute approximate surface area is 97.6 Å². The Balaban J connectivity index is 3.39. The van der Waals surface area contributed by atoms with Crippen LogP contribution in [0.3, 0.4) is 0 Å². The van der Waals surface area contributed by atoms with Crippen LogP contribution >= 0.6 is 0 Å². The van der Waals surface area contributed by atoms with Gasteiger partial charge in [0, 0.05) is 19.7 Å². The summed E-state index contributed by atoms with van der Waals surface area (Å²) in [6.07, 6.45) is -0.558. The number of nitrogens with one attached hydrogen (secondary N) is 2. The fourth-order valence-corrected chi connectivity index (χ4v) is 1.05. The van der Waals surface area contributed by atoms with Gasteiger partial charge in [-0.05, 0) is 12.8 Å². The highest BCUT2D eigenvalue weighted by Crippen LogP contribution is 1.86. The molecule has 0 fully saturated rings. The van der Waals surface area contributed by atoms with E-state index in [-0.39, 0.29) is 12.5 Å². The van der Waals surface area contributed by atoms with E-state index >= 15 is 0 Å². The number of carbonyl (C=O) groups is 1. The van der Waals surface area contributed by atoms with Crippen LogP contribution in [0.1, 0.15) is 20.8 Å². The number of amides is 1. The smallest absolute Gasteiger partial charge is 0.233 e. The van der Waals surface area contributed by atoms with E-state index in [1.165, 1.54) is 0 Å². The fourth-order valence-electron chi connectivity index (χ4n) is 1.05. The SMILES string of the molecule is CCOCC(O)CNCC(=O)NCC(C)C. The van der Waals surface area contributed by atoms with E-state index in [1.54, 1.807) is 0 Å². The summed E-state index contributed by atoms with van der Waals surface area (Å²) in [5.41, 5.74) is 0. The van der Waals surface area contributed by atoms with Crippen molar-refractivity contribution in [2.45, 2.75) is 26.9 Å². The highest BCUT2D eigenvalue weighted by atomic mass is 16.5. The van der Waals surface area contributed by atoms with Crippen molar-refractivity contribution in [3.8, 4) is 0 Å². The maximum atomic E-state index is 11.3. The number of ether oxygens (including phenoxy) is 1. The minimum absolute atomic E-state index is 0.0442. The van der Waals surface area contributed by atoms with Crippen molar-refractivity contribution in [1.82, 2.24) is 10.6 Å². The van der Waals surface area contributed by atoms with Crippen LogP contribution in [0.15, 0.2) is 0 Å². The van der Waals surface area contributed by atoms with Crippen LogP contribution in [0.25, 0.3) is 0 Å². The molecular weight excluding hydrogens is 208 g/mol. The van der Waals surface area contributed by atoms with Crippen LogP contribution in [-0.2, 0) is 9.53 Å². The molecule has 0 aliphatic carbocycles. The van der Waals surface area contributed by atoms with Gasteiger partial charge >= 0.3 is 0 Å². The van der Waals surface area contributed by atoms with Gasteiger partial charge < -0.3 is 20.5 Å². The monoisotopic (exact) mass is 232 g/mol. The molecule has 0 aromatic rings. The van der Waals surface area contributed by atoms with E-state index in [9.17, 15) is 9.90 Å². The summed E-state index contributed by atoms with van der Waals surface area (Å²) in [6.45, 7) is 8.13. The number of aliphatic hydroxyl groups is 1. The van der Waals surface area contributed by atoms with Gasteiger partial charge in [0.15, 0.2) is 0 Å². The molecule has 0 saturated heterocycles. The van der Waals surface area contributed by atoms with Gasteiger partial charge in [0.1, 0.15) is 0 Å². The van der Waals surface area contributed by atoms with Gasteiger partial charge in [-0.25, -0.2) is 0 Å². The first kappa shape index (κ1) is 15.3.